The lowest BCUT2D eigenvalue weighted by Crippen LogP contribution is -2.42. The maximum Gasteiger partial charge on any atom is 0.312 e. The number of aryl methyl sites for hydroxylation is 1. The van der Waals surface area contributed by atoms with Gasteiger partial charge >= 0.3 is 5.69 Å². The van der Waals surface area contributed by atoms with Gasteiger partial charge in [-0.3, -0.25) is 19.6 Å². The van der Waals surface area contributed by atoms with E-state index in [4.69, 9.17) is 9.47 Å². The van der Waals surface area contributed by atoms with E-state index in [1.165, 1.54) is 4.68 Å². The molecular formula is C24H26N4O5. The normalized spacial score (nSPS) is 15.2. The Morgan fingerprint density at radius 1 is 1.15 bits per heavy atom. The number of ether oxygens (including phenoxy) is 2. The third-order valence-corrected chi connectivity index (χ3v) is 6.12. The number of fused-ring (bicyclic) bond motifs is 1. The van der Waals surface area contributed by atoms with E-state index in [0.717, 1.165) is 16.7 Å². The molecule has 9 heteroatoms. The average Bonchev–Trinajstić information content (AvgIpc) is 3.10. The van der Waals surface area contributed by atoms with Crippen LogP contribution in [0.2, 0.25) is 0 Å². The Morgan fingerprint density at radius 3 is 2.42 bits per heavy atom. The second kappa shape index (κ2) is 8.93. The third-order valence-electron chi connectivity index (χ3n) is 6.12. The molecule has 9 nitrogen and oxygen atoms in total. The van der Waals surface area contributed by atoms with Crippen LogP contribution >= 0.6 is 0 Å². The van der Waals surface area contributed by atoms with Crippen molar-refractivity contribution in [1.29, 1.82) is 0 Å². The van der Waals surface area contributed by atoms with Crippen LogP contribution in [0.1, 0.15) is 34.1 Å². The topological polar surface area (TPSA) is 99.7 Å². The fourth-order valence-electron chi connectivity index (χ4n) is 4.53. The zero-order chi connectivity index (χ0) is 23.7. The van der Waals surface area contributed by atoms with E-state index in [1.54, 1.807) is 28.1 Å². The smallest absolute Gasteiger partial charge is 0.312 e. The average molecular weight is 450 g/mol. The summed E-state index contributed by atoms with van der Waals surface area (Å²) in [5.41, 5.74) is 3.64. The second-order valence-electron chi connectivity index (χ2n) is 7.99. The van der Waals surface area contributed by atoms with Crippen LogP contribution in [0.3, 0.4) is 0 Å². The fraction of sp³-hybridized carbons (Fsp3) is 0.333. The number of methoxy groups -OCH3 is 2. The Kier molecular flexibility index (Phi) is 6.04. The van der Waals surface area contributed by atoms with Crippen molar-refractivity contribution in [2.45, 2.75) is 32.9 Å². The Balaban J connectivity index is 1.75. The lowest BCUT2D eigenvalue weighted by atomic mass is 9.87. The highest BCUT2D eigenvalue weighted by Gasteiger charge is 2.34. The lowest BCUT2D eigenvalue weighted by molar-refractivity contribution is -0.386. The summed E-state index contributed by atoms with van der Waals surface area (Å²) in [7, 11) is 3.19. The largest absolute Gasteiger partial charge is 0.493 e. The van der Waals surface area contributed by atoms with Crippen molar-refractivity contribution in [3.63, 3.8) is 0 Å². The van der Waals surface area contributed by atoms with Gasteiger partial charge in [-0.2, -0.15) is 5.10 Å². The third kappa shape index (κ3) is 4.02. The quantitative estimate of drug-likeness (QED) is 0.420. The highest BCUT2D eigenvalue weighted by molar-refractivity contribution is 5.78. The van der Waals surface area contributed by atoms with Crippen molar-refractivity contribution in [2.75, 3.05) is 20.8 Å². The monoisotopic (exact) mass is 450 g/mol. The maximum absolute atomic E-state index is 13.5. The van der Waals surface area contributed by atoms with Gasteiger partial charge in [0.1, 0.15) is 17.9 Å². The van der Waals surface area contributed by atoms with Gasteiger partial charge in [-0.1, -0.05) is 30.3 Å². The summed E-state index contributed by atoms with van der Waals surface area (Å²) in [6.07, 6.45) is 0.655. The van der Waals surface area contributed by atoms with Gasteiger partial charge in [0.2, 0.25) is 5.91 Å². The van der Waals surface area contributed by atoms with Crippen molar-refractivity contribution >= 4 is 11.6 Å². The highest BCUT2D eigenvalue weighted by Crippen LogP contribution is 2.41. The van der Waals surface area contributed by atoms with E-state index in [0.29, 0.717) is 35.9 Å². The molecule has 1 amide bonds. The standard InChI is InChI=1S/C24H26N4O5/c1-15-23(28(30)31)16(2)27(25-15)14-22(29)26-11-10-18-12-20(32-3)21(33-4)13-19(18)24(26)17-8-6-5-7-9-17/h5-9,12-13,24H,10-11,14H2,1-4H3/t24-/m0/s1. The van der Waals surface area contributed by atoms with Gasteiger partial charge in [-0.05, 0) is 49.1 Å². The van der Waals surface area contributed by atoms with Crippen molar-refractivity contribution < 1.29 is 19.2 Å². The summed E-state index contributed by atoms with van der Waals surface area (Å²) in [5.74, 6) is 1.09. The van der Waals surface area contributed by atoms with E-state index in [1.807, 2.05) is 47.4 Å². The minimum Gasteiger partial charge on any atom is -0.493 e. The van der Waals surface area contributed by atoms with Gasteiger partial charge in [-0.25, -0.2) is 0 Å². The summed E-state index contributed by atoms with van der Waals surface area (Å²) in [6.45, 7) is 3.62. The van der Waals surface area contributed by atoms with E-state index in [-0.39, 0.29) is 24.2 Å². The number of hydrogen-bond donors (Lipinski definition) is 0. The zero-order valence-corrected chi connectivity index (χ0v) is 19.1. The second-order valence-corrected chi connectivity index (χ2v) is 7.99. The molecule has 0 radical (unpaired) electrons. The molecule has 1 aliphatic rings. The summed E-state index contributed by atoms with van der Waals surface area (Å²) >= 11 is 0. The Hall–Kier alpha value is -3.88. The van der Waals surface area contributed by atoms with E-state index in [2.05, 4.69) is 5.10 Å². The molecule has 0 unspecified atom stereocenters. The van der Waals surface area contributed by atoms with Crippen LogP contribution in [0.15, 0.2) is 42.5 Å². The number of nitro groups is 1. The highest BCUT2D eigenvalue weighted by atomic mass is 16.6. The number of rotatable bonds is 6. The van der Waals surface area contributed by atoms with Crippen molar-refractivity contribution in [1.82, 2.24) is 14.7 Å². The summed E-state index contributed by atoms with van der Waals surface area (Å²) in [5, 5.41) is 15.6. The molecular weight excluding hydrogens is 424 g/mol. The molecule has 0 fully saturated rings. The van der Waals surface area contributed by atoms with Crippen LogP contribution in [0.5, 0.6) is 11.5 Å². The van der Waals surface area contributed by atoms with Crippen molar-refractivity contribution in [2.24, 2.45) is 0 Å². The molecule has 4 rings (SSSR count). The van der Waals surface area contributed by atoms with E-state index >= 15 is 0 Å². The van der Waals surface area contributed by atoms with Crippen LogP contribution in [0.4, 0.5) is 5.69 Å². The molecule has 33 heavy (non-hydrogen) atoms. The Bertz CT molecular complexity index is 1210. The van der Waals surface area contributed by atoms with Crippen LogP contribution in [0.25, 0.3) is 0 Å². The molecule has 1 atom stereocenters. The van der Waals surface area contributed by atoms with Crippen molar-refractivity contribution in [3.8, 4) is 11.5 Å². The number of nitrogens with zero attached hydrogens (tertiary/aromatic N) is 4. The van der Waals surface area contributed by atoms with Crippen LogP contribution in [-0.2, 0) is 17.8 Å². The SMILES string of the molecule is COc1cc2c(cc1OC)[C@H](c1ccccc1)N(C(=O)Cn1nc(C)c([N+](=O)[O-])c1C)CC2. The number of aromatic nitrogens is 2. The Labute approximate surface area is 191 Å². The molecule has 1 aliphatic heterocycles. The molecule has 0 spiro atoms. The molecule has 0 bridgehead atoms. The summed E-state index contributed by atoms with van der Waals surface area (Å²) < 4.78 is 12.4. The molecule has 0 saturated carbocycles. The van der Waals surface area contributed by atoms with Gasteiger partial charge in [0.05, 0.1) is 25.2 Å². The maximum atomic E-state index is 13.5. The summed E-state index contributed by atoms with van der Waals surface area (Å²) in [4.78, 5) is 26.2. The van der Waals surface area contributed by atoms with Gasteiger partial charge in [0, 0.05) is 6.54 Å². The van der Waals surface area contributed by atoms with E-state index < -0.39 is 4.92 Å². The first kappa shape index (κ1) is 22.3. The first-order valence-electron chi connectivity index (χ1n) is 10.6. The molecule has 2 aromatic carbocycles. The number of carbonyl (C=O) groups is 1. The molecule has 0 saturated heterocycles. The van der Waals surface area contributed by atoms with Crippen LogP contribution in [-0.4, -0.2) is 46.3 Å². The number of hydrogen-bond acceptors (Lipinski definition) is 6. The summed E-state index contributed by atoms with van der Waals surface area (Å²) in [6, 6.07) is 13.4. The number of benzene rings is 2. The molecule has 3 aromatic rings. The molecule has 0 aliphatic carbocycles. The van der Waals surface area contributed by atoms with Crippen molar-refractivity contribution in [3.05, 3.63) is 80.7 Å². The van der Waals surface area contributed by atoms with Crippen LogP contribution < -0.4 is 9.47 Å². The molecule has 172 valence electrons. The number of carbonyl (C=O) groups excluding carboxylic acids is 1. The van der Waals surface area contributed by atoms with Gasteiger partial charge in [0.15, 0.2) is 11.5 Å². The van der Waals surface area contributed by atoms with Gasteiger partial charge in [0.25, 0.3) is 0 Å². The fourth-order valence-corrected chi connectivity index (χ4v) is 4.53. The van der Waals surface area contributed by atoms with Gasteiger partial charge in [-0.15, -0.1) is 0 Å². The molecule has 0 N–H and O–H groups in total. The lowest BCUT2D eigenvalue weighted by Gasteiger charge is -2.38. The van der Waals surface area contributed by atoms with Gasteiger partial charge < -0.3 is 14.4 Å². The first-order valence-corrected chi connectivity index (χ1v) is 10.6. The minimum absolute atomic E-state index is 0.0526. The van der Waals surface area contributed by atoms with Crippen LogP contribution in [0, 0.1) is 24.0 Å². The van der Waals surface area contributed by atoms with E-state index in [9.17, 15) is 14.9 Å². The zero-order valence-electron chi connectivity index (χ0n) is 19.1. The Morgan fingerprint density at radius 2 is 1.82 bits per heavy atom. The minimum atomic E-state index is -0.456. The predicted molar refractivity (Wildman–Crippen MR) is 122 cm³/mol. The number of amides is 1. The molecule has 1 aromatic heterocycles. The first-order chi connectivity index (χ1) is 15.8. The predicted octanol–water partition coefficient (Wildman–Crippen LogP) is 3.60. The molecule has 2 heterocycles.